The molecule has 12 rings (SSSR count). The molecule has 115 heavy (non-hydrogen) atoms. The number of aliphatic hydroxyl groups excluding tert-OH is 2. The van der Waals surface area contributed by atoms with Crippen molar-refractivity contribution in [1.82, 2.24) is 31.9 Å². The van der Waals surface area contributed by atoms with Crippen molar-refractivity contribution in [2.24, 2.45) is 0 Å². The minimum Gasteiger partial charge on any atom is -0.445 e. The molecule has 3 aliphatic heterocycles. The maximum absolute atomic E-state index is 14.6. The molecule has 0 bridgehead atoms. The summed E-state index contributed by atoms with van der Waals surface area (Å²) in [5.74, 6) is 0. The zero-order valence-corrected chi connectivity index (χ0v) is 64.8. The van der Waals surface area contributed by atoms with Gasteiger partial charge < -0.3 is 103 Å². The fraction of sp³-hybridized carbons (Fsp3) is 0.333. The van der Waals surface area contributed by atoms with Crippen molar-refractivity contribution < 1.29 is 100 Å². The van der Waals surface area contributed by atoms with Crippen LogP contribution in [0.2, 0.25) is 5.04 Å². The molecule has 3 heterocycles. The van der Waals surface area contributed by atoms with Gasteiger partial charge in [-0.2, -0.15) is 0 Å². The van der Waals surface area contributed by atoms with Crippen molar-refractivity contribution in [3.63, 3.8) is 0 Å². The molecule has 1 saturated carbocycles. The fourth-order valence-corrected chi connectivity index (χ4v) is 18.5. The molecule has 0 spiro atoms. The van der Waals surface area contributed by atoms with Crippen LogP contribution in [0.3, 0.4) is 0 Å². The summed E-state index contributed by atoms with van der Waals surface area (Å²) < 4.78 is 83.3. The Kier molecular flexibility index (Phi) is 29.7. The van der Waals surface area contributed by atoms with E-state index in [9.17, 15) is 39.0 Å². The molecule has 1 saturated heterocycles. The number of aliphatic hydroxyl groups is 2. The van der Waals surface area contributed by atoms with Crippen molar-refractivity contribution in [1.29, 1.82) is 0 Å². The van der Waals surface area contributed by atoms with Crippen molar-refractivity contribution in [2.75, 3.05) is 19.7 Å². The van der Waals surface area contributed by atoms with E-state index in [2.05, 4.69) is 52.7 Å². The summed E-state index contributed by atoms with van der Waals surface area (Å²) in [6.45, 7) is 4.83. The Hall–Kier alpha value is -11.3. The van der Waals surface area contributed by atoms with Crippen LogP contribution in [-0.4, -0.2) is 167 Å². The second kappa shape index (κ2) is 41.1. The molecule has 0 aromatic heterocycles. The number of carbonyl (C=O) groups is 6. The summed E-state index contributed by atoms with van der Waals surface area (Å²) in [5.41, 5.74) is 4.15. The van der Waals surface area contributed by atoms with Crippen molar-refractivity contribution >= 4 is 55.3 Å². The standard InChI is InChI=1S/C87H96N6O21Si/c1-87(2,3)115(66-40-24-10-25-41-66,67-42-26-11-27-43-67)108-57-72-76(113-79-69(91-84(99)105-54-61-34-18-7-19-35-61)47-45-65(110-79)50-89-82(97)103-52-59-30-14-5-15-31-59)74(95)80(111-72)114-77-73(94)70(92-85(100)106-55-62-36-20-8-21-37-62)48-71(93-86(101)107-56-63-38-22-9-23-39-63)75(77)112-78-68(90-83(98)104-53-60-32-16-6-17-33-60)46-44-64(109-78)49-88-81(96)102-51-58-28-12-4-13-29-58/h4-47,64-65,68-80,94-95H,48-57H2,1-3H3,(H,88,96)(H,89,97)(H,90,98)(H,91,99)(H,92,100)(H,93,101)/t64-,65+,68+,69+,70+,71-,72+,73-,74+,75+,76+,77+,78+,79+,80-/m0/s1. The van der Waals surface area contributed by atoms with E-state index in [4.69, 9.17) is 61.3 Å². The Morgan fingerprint density at radius 3 is 1.03 bits per heavy atom. The lowest BCUT2D eigenvalue weighted by Crippen LogP contribution is -2.68. The third-order valence-electron chi connectivity index (χ3n) is 19.6. The van der Waals surface area contributed by atoms with E-state index in [1.165, 1.54) is 0 Å². The van der Waals surface area contributed by atoms with Gasteiger partial charge in [-0.25, -0.2) is 28.8 Å². The van der Waals surface area contributed by atoms with Crippen molar-refractivity contribution in [2.45, 2.75) is 164 Å². The number of benzene rings is 8. The molecule has 8 aromatic carbocycles. The highest BCUT2D eigenvalue weighted by Gasteiger charge is 2.57. The molecule has 27 nitrogen and oxygen atoms in total. The highest BCUT2D eigenvalue weighted by molar-refractivity contribution is 6.99. The first-order valence-electron chi connectivity index (χ1n) is 38.1. The summed E-state index contributed by atoms with van der Waals surface area (Å²) in [6.07, 6.45) is -16.5. The summed E-state index contributed by atoms with van der Waals surface area (Å²) >= 11 is 0. The Balaban J connectivity index is 0.911. The summed E-state index contributed by atoms with van der Waals surface area (Å²) in [7, 11) is -3.53. The molecule has 15 atom stereocenters. The van der Waals surface area contributed by atoms with E-state index in [-0.39, 0.29) is 65.8 Å². The molecule has 2 fully saturated rings. The SMILES string of the molecule is CC(C)(C)[Si](OC[C@H]1O[C@@H](O[C@@H]2[C@@H](O)[C@H](NC(=O)OCc3ccccc3)C[C@H](NC(=O)OCc3ccccc3)[C@H]2O[C@H]2O[C@H](CNC(=O)OCc3ccccc3)C=C[C@H]2NC(=O)OCc2ccccc2)[C@H](O)[C@@H]1O[C@H]1O[C@@H](CNC(=O)OCc2ccccc2)C=C[C@H]1NC(=O)OCc1ccccc1)(c1ccccc1)c1ccccc1. The van der Waals surface area contributed by atoms with Crippen LogP contribution in [0, 0.1) is 0 Å². The largest absolute Gasteiger partial charge is 0.445 e. The van der Waals surface area contributed by atoms with Gasteiger partial charge in [-0.1, -0.05) is 288 Å². The number of rotatable bonds is 31. The molecule has 1 aliphatic carbocycles. The van der Waals surface area contributed by atoms with Gasteiger partial charge in [0.05, 0.1) is 44.0 Å². The maximum Gasteiger partial charge on any atom is 0.408 e. The van der Waals surface area contributed by atoms with Crippen LogP contribution >= 0.6 is 0 Å². The first kappa shape index (κ1) is 83.2. The van der Waals surface area contributed by atoms with E-state index in [0.717, 1.165) is 21.5 Å². The van der Waals surface area contributed by atoms with Gasteiger partial charge in [-0.3, -0.25) is 0 Å². The number of hydrogen-bond donors (Lipinski definition) is 8. The highest BCUT2D eigenvalue weighted by atomic mass is 28.4. The van der Waals surface area contributed by atoms with Gasteiger partial charge in [0.15, 0.2) is 18.9 Å². The van der Waals surface area contributed by atoms with E-state index in [0.29, 0.717) is 22.3 Å². The van der Waals surface area contributed by atoms with E-state index >= 15 is 0 Å². The second-order valence-electron chi connectivity index (χ2n) is 28.9. The molecule has 0 unspecified atom stereocenters. The lowest BCUT2D eigenvalue weighted by molar-refractivity contribution is -0.282. The first-order chi connectivity index (χ1) is 55.9. The van der Waals surface area contributed by atoms with E-state index < -0.39 is 142 Å². The molecular weight excluding hydrogens is 1490 g/mol. The molecule has 8 N–H and O–H groups in total. The van der Waals surface area contributed by atoms with E-state index in [1.54, 1.807) is 140 Å². The van der Waals surface area contributed by atoms with Crippen molar-refractivity contribution in [3.8, 4) is 0 Å². The predicted octanol–water partition coefficient (Wildman–Crippen LogP) is 10.2. The van der Waals surface area contributed by atoms with Crippen LogP contribution in [0.1, 0.15) is 60.6 Å². The van der Waals surface area contributed by atoms with E-state index in [1.807, 2.05) is 127 Å². The highest BCUT2D eigenvalue weighted by Crippen LogP contribution is 2.40. The first-order valence-corrected chi connectivity index (χ1v) is 40.0. The Morgan fingerprint density at radius 1 is 0.365 bits per heavy atom. The molecule has 604 valence electrons. The monoisotopic (exact) mass is 1590 g/mol. The average molecular weight is 1590 g/mol. The normalized spacial score (nSPS) is 23.7. The number of alkyl carbamates (subject to hydrolysis) is 6. The number of ether oxygens (including phenoxy) is 12. The fourth-order valence-electron chi connectivity index (χ4n) is 13.9. The van der Waals surface area contributed by atoms with Gasteiger partial charge in [0.25, 0.3) is 8.32 Å². The van der Waals surface area contributed by atoms with Crippen LogP contribution in [0.15, 0.2) is 267 Å². The molecule has 4 aliphatic rings. The van der Waals surface area contributed by atoms with Gasteiger partial charge in [-0.15, -0.1) is 0 Å². The predicted molar refractivity (Wildman–Crippen MR) is 423 cm³/mol. The average Bonchev–Trinajstić information content (AvgIpc) is 1.53. The zero-order valence-electron chi connectivity index (χ0n) is 63.8. The van der Waals surface area contributed by atoms with Gasteiger partial charge in [0.2, 0.25) is 0 Å². The number of carbonyl (C=O) groups excluding carboxylic acids is 6. The molecule has 0 radical (unpaired) electrons. The minimum absolute atomic E-state index is 0.0259. The van der Waals surface area contributed by atoms with Crippen LogP contribution in [0.5, 0.6) is 0 Å². The zero-order chi connectivity index (χ0) is 80.4. The van der Waals surface area contributed by atoms with Crippen molar-refractivity contribution in [3.05, 3.63) is 300 Å². The summed E-state index contributed by atoms with van der Waals surface area (Å²) in [6, 6.07) is 68.3. The summed E-state index contributed by atoms with van der Waals surface area (Å²) in [5, 5.41) is 44.7. The number of nitrogens with one attached hydrogen (secondary N) is 6. The maximum atomic E-state index is 14.6. The Bertz CT molecular complexity index is 4400. The quantitative estimate of drug-likeness (QED) is 0.0114. The third kappa shape index (κ3) is 23.7. The summed E-state index contributed by atoms with van der Waals surface area (Å²) in [4.78, 5) is 83.5. The van der Waals surface area contributed by atoms with Crippen LogP contribution in [0.4, 0.5) is 28.8 Å². The third-order valence-corrected chi connectivity index (χ3v) is 24.6. The smallest absolute Gasteiger partial charge is 0.408 e. The van der Waals surface area contributed by atoms with Crippen LogP contribution in [-0.2, 0) is 101 Å². The second-order valence-corrected chi connectivity index (χ2v) is 33.2. The Morgan fingerprint density at radius 2 is 0.678 bits per heavy atom. The number of hydrogen-bond acceptors (Lipinski definition) is 21. The van der Waals surface area contributed by atoms with Crippen LogP contribution in [0.25, 0.3) is 0 Å². The number of amides is 6. The minimum atomic E-state index is -3.53. The van der Waals surface area contributed by atoms with Gasteiger partial charge in [0.1, 0.15) is 88.3 Å². The topological polar surface area (TPSA) is 335 Å². The molecule has 28 heteroatoms. The Labute approximate surface area is 667 Å². The van der Waals surface area contributed by atoms with Gasteiger partial charge in [0, 0.05) is 0 Å². The molecule has 8 aromatic rings. The van der Waals surface area contributed by atoms with Crippen LogP contribution < -0.4 is 42.3 Å². The van der Waals surface area contributed by atoms with Gasteiger partial charge >= 0.3 is 36.6 Å². The van der Waals surface area contributed by atoms with Gasteiger partial charge in [-0.05, 0) is 55.2 Å². The molecular formula is C87H96N6O21Si. The molecule has 6 amide bonds. The lowest BCUT2D eigenvalue weighted by Gasteiger charge is -2.47. The lowest BCUT2D eigenvalue weighted by atomic mass is 9.83.